The van der Waals surface area contributed by atoms with E-state index in [-0.39, 0.29) is 11.7 Å². The van der Waals surface area contributed by atoms with Crippen molar-refractivity contribution < 1.29 is 9.53 Å². The number of nitrogens with two attached hydrogens (primary N) is 1. The van der Waals surface area contributed by atoms with E-state index in [0.29, 0.717) is 22.6 Å². The zero-order valence-electron chi connectivity index (χ0n) is 12.1. The summed E-state index contributed by atoms with van der Waals surface area (Å²) in [6, 6.07) is 8.67. The highest BCUT2D eigenvalue weighted by Gasteiger charge is 2.15. The minimum atomic E-state index is -0.166. The lowest BCUT2D eigenvalue weighted by atomic mass is 10.1. The van der Waals surface area contributed by atoms with Crippen LogP contribution >= 0.6 is 0 Å². The van der Waals surface area contributed by atoms with Crippen LogP contribution in [0, 0.1) is 25.2 Å². The van der Waals surface area contributed by atoms with E-state index in [9.17, 15) is 10.1 Å². The first-order valence-corrected chi connectivity index (χ1v) is 6.39. The second kappa shape index (κ2) is 5.63. The molecule has 5 heteroatoms. The Morgan fingerprint density at radius 1 is 1.33 bits per heavy atom. The number of nitrogens with zero attached hydrogens (tertiary/aromatic N) is 2. The number of rotatable bonds is 3. The highest BCUT2D eigenvalue weighted by Crippen LogP contribution is 2.29. The summed E-state index contributed by atoms with van der Waals surface area (Å²) in [6.45, 7) is 5.06. The number of nitrogen functional groups attached to an aromatic ring is 1. The number of anilines is 1. The molecule has 2 N–H and O–H groups in total. The zero-order chi connectivity index (χ0) is 15.6. The Kier molecular flexibility index (Phi) is 3.90. The monoisotopic (exact) mass is 281 g/mol. The van der Waals surface area contributed by atoms with Crippen LogP contribution in [0.15, 0.2) is 24.3 Å². The maximum Gasteiger partial charge on any atom is 0.237 e. The smallest absolute Gasteiger partial charge is 0.237 e. The average molecular weight is 281 g/mol. The van der Waals surface area contributed by atoms with Crippen molar-refractivity contribution in [2.75, 3.05) is 5.73 Å². The molecule has 1 aromatic heterocycles. The van der Waals surface area contributed by atoms with Gasteiger partial charge in [-0.2, -0.15) is 5.26 Å². The minimum Gasteiger partial charge on any atom is -0.437 e. The van der Waals surface area contributed by atoms with Crippen LogP contribution < -0.4 is 10.5 Å². The normalized spacial score (nSPS) is 10.0. The quantitative estimate of drug-likeness (QED) is 0.689. The molecule has 0 unspecified atom stereocenters. The average Bonchev–Trinajstić information content (AvgIpc) is 2.40. The fourth-order valence-electron chi connectivity index (χ4n) is 2.03. The van der Waals surface area contributed by atoms with Crippen LogP contribution in [-0.4, -0.2) is 10.8 Å². The number of hydrogen-bond acceptors (Lipinski definition) is 5. The Labute approximate surface area is 123 Å². The number of pyridine rings is 1. The molecule has 0 radical (unpaired) electrons. The van der Waals surface area contributed by atoms with Gasteiger partial charge in [0.2, 0.25) is 5.88 Å². The number of ketones is 1. The molecule has 0 saturated heterocycles. The van der Waals surface area contributed by atoms with Crippen LogP contribution in [0.2, 0.25) is 0 Å². The van der Waals surface area contributed by atoms with Gasteiger partial charge < -0.3 is 10.5 Å². The summed E-state index contributed by atoms with van der Waals surface area (Å²) in [5, 5.41) is 9.23. The van der Waals surface area contributed by atoms with E-state index >= 15 is 0 Å². The molecule has 0 aliphatic heterocycles. The van der Waals surface area contributed by atoms with E-state index in [0.717, 1.165) is 11.3 Å². The van der Waals surface area contributed by atoms with E-state index in [4.69, 9.17) is 10.5 Å². The number of carbonyl (C=O) groups excluding carboxylic acids is 1. The molecule has 1 heterocycles. The molecule has 2 aromatic rings. The lowest BCUT2D eigenvalue weighted by molar-refractivity contribution is 0.101. The molecule has 0 fully saturated rings. The molecule has 5 nitrogen and oxygen atoms in total. The van der Waals surface area contributed by atoms with Gasteiger partial charge in [0.1, 0.15) is 17.4 Å². The van der Waals surface area contributed by atoms with Crippen LogP contribution in [-0.2, 0) is 0 Å². The van der Waals surface area contributed by atoms with Gasteiger partial charge in [0, 0.05) is 11.4 Å². The van der Waals surface area contributed by atoms with Crippen LogP contribution in [0.1, 0.15) is 34.1 Å². The molecule has 106 valence electrons. The first-order chi connectivity index (χ1) is 9.92. The topological polar surface area (TPSA) is 89.0 Å². The van der Waals surface area contributed by atoms with Gasteiger partial charge in [0.15, 0.2) is 5.78 Å². The molecule has 0 amide bonds. The highest BCUT2D eigenvalue weighted by molar-refractivity contribution is 5.97. The Hall–Kier alpha value is -2.87. The number of carbonyl (C=O) groups is 1. The summed E-state index contributed by atoms with van der Waals surface area (Å²) in [5.41, 5.74) is 8.39. The third-order valence-electron chi connectivity index (χ3n) is 3.01. The summed E-state index contributed by atoms with van der Waals surface area (Å²) in [4.78, 5) is 15.9. The summed E-state index contributed by atoms with van der Waals surface area (Å²) in [5.74, 6) is 0.369. The lowest BCUT2D eigenvalue weighted by Crippen LogP contribution is -2.02. The maximum atomic E-state index is 11.7. The van der Waals surface area contributed by atoms with E-state index in [1.165, 1.54) is 6.92 Å². The SMILES string of the molecule is CC(=O)c1cc(N)ccc1Oc1nc(C)cc(C)c1C#N. The molecule has 21 heavy (non-hydrogen) atoms. The zero-order valence-corrected chi connectivity index (χ0v) is 12.1. The Morgan fingerprint density at radius 3 is 2.67 bits per heavy atom. The van der Waals surface area contributed by atoms with Crippen molar-refractivity contribution in [3.8, 4) is 17.7 Å². The highest BCUT2D eigenvalue weighted by atomic mass is 16.5. The Balaban J connectivity index is 2.53. The van der Waals surface area contributed by atoms with Crippen LogP contribution in [0.4, 0.5) is 5.69 Å². The third kappa shape index (κ3) is 3.00. The fourth-order valence-corrected chi connectivity index (χ4v) is 2.03. The number of aromatic nitrogens is 1. The molecule has 1 aromatic carbocycles. The van der Waals surface area contributed by atoms with Crippen molar-refractivity contribution in [1.82, 2.24) is 4.98 Å². The molecule has 0 aliphatic rings. The molecule has 0 spiro atoms. The third-order valence-corrected chi connectivity index (χ3v) is 3.01. The first kappa shape index (κ1) is 14.5. The van der Waals surface area contributed by atoms with Crippen LogP contribution in [0.5, 0.6) is 11.6 Å². The van der Waals surface area contributed by atoms with Crippen molar-refractivity contribution in [3.63, 3.8) is 0 Å². The van der Waals surface area contributed by atoms with Gasteiger partial charge >= 0.3 is 0 Å². The van der Waals surface area contributed by atoms with Gasteiger partial charge in [-0.25, -0.2) is 4.98 Å². The van der Waals surface area contributed by atoms with Gasteiger partial charge in [-0.1, -0.05) is 0 Å². The summed E-state index contributed by atoms with van der Waals surface area (Å²) in [7, 11) is 0. The number of nitriles is 1. The number of aryl methyl sites for hydroxylation is 2. The van der Waals surface area contributed by atoms with Gasteiger partial charge in [0.05, 0.1) is 5.56 Å². The number of hydrogen-bond donors (Lipinski definition) is 1. The van der Waals surface area contributed by atoms with E-state index in [2.05, 4.69) is 11.1 Å². The Bertz CT molecular complexity index is 761. The van der Waals surface area contributed by atoms with Gasteiger partial charge in [-0.05, 0) is 50.6 Å². The minimum absolute atomic E-state index is 0.166. The van der Waals surface area contributed by atoms with Crippen molar-refractivity contribution in [2.24, 2.45) is 0 Å². The molecule has 2 rings (SSSR count). The summed E-state index contributed by atoms with van der Waals surface area (Å²) in [6.07, 6.45) is 0. The van der Waals surface area contributed by atoms with Crippen molar-refractivity contribution in [2.45, 2.75) is 20.8 Å². The molecule has 0 bridgehead atoms. The van der Waals surface area contributed by atoms with E-state index in [1.54, 1.807) is 24.3 Å². The van der Waals surface area contributed by atoms with Crippen molar-refractivity contribution >= 4 is 11.5 Å². The van der Waals surface area contributed by atoms with Crippen molar-refractivity contribution in [3.05, 3.63) is 46.6 Å². The molecule has 0 aliphatic carbocycles. The van der Waals surface area contributed by atoms with Crippen LogP contribution in [0.25, 0.3) is 0 Å². The molecule has 0 atom stereocenters. The van der Waals surface area contributed by atoms with Gasteiger partial charge in [-0.15, -0.1) is 0 Å². The number of ether oxygens (including phenoxy) is 1. The summed E-state index contributed by atoms with van der Waals surface area (Å²) < 4.78 is 5.70. The molecular formula is C16H15N3O2. The van der Waals surface area contributed by atoms with Gasteiger partial charge in [0.25, 0.3) is 0 Å². The fraction of sp³-hybridized carbons (Fsp3) is 0.188. The van der Waals surface area contributed by atoms with Crippen LogP contribution in [0.3, 0.4) is 0 Å². The largest absolute Gasteiger partial charge is 0.437 e. The first-order valence-electron chi connectivity index (χ1n) is 6.39. The van der Waals surface area contributed by atoms with Crippen molar-refractivity contribution in [1.29, 1.82) is 5.26 Å². The number of benzene rings is 1. The number of Topliss-reactive ketones (excluding diaryl/α,β-unsaturated/α-hetero) is 1. The second-order valence-electron chi connectivity index (χ2n) is 4.79. The Morgan fingerprint density at radius 2 is 2.05 bits per heavy atom. The lowest BCUT2D eigenvalue weighted by Gasteiger charge is -2.12. The second-order valence-corrected chi connectivity index (χ2v) is 4.79. The maximum absolute atomic E-state index is 11.7. The van der Waals surface area contributed by atoms with E-state index in [1.807, 2.05) is 13.8 Å². The summed E-state index contributed by atoms with van der Waals surface area (Å²) >= 11 is 0. The van der Waals surface area contributed by atoms with Gasteiger partial charge in [-0.3, -0.25) is 4.79 Å². The molecule has 0 saturated carbocycles. The standard InChI is InChI=1S/C16H15N3O2/c1-9-6-10(2)19-16(14(9)8-17)21-15-5-4-12(18)7-13(15)11(3)20/h4-7H,18H2,1-3H3. The predicted molar refractivity (Wildman–Crippen MR) is 79.4 cm³/mol. The molecular weight excluding hydrogens is 266 g/mol. The van der Waals surface area contributed by atoms with E-state index < -0.39 is 0 Å². The predicted octanol–water partition coefficient (Wildman–Crippen LogP) is 3.15.